The van der Waals surface area contributed by atoms with Crippen LogP contribution in [0, 0.1) is 18.8 Å². The highest BCUT2D eigenvalue weighted by atomic mass is 32.2. The van der Waals surface area contributed by atoms with Gasteiger partial charge in [0.1, 0.15) is 12.4 Å². The fourth-order valence-electron chi connectivity index (χ4n) is 2.37. The van der Waals surface area contributed by atoms with E-state index in [1.54, 1.807) is 12.1 Å². The maximum Gasteiger partial charge on any atom is 0.310 e. The van der Waals surface area contributed by atoms with Crippen molar-refractivity contribution >= 4 is 15.8 Å². The molecular formula is C14H18O5S. The summed E-state index contributed by atoms with van der Waals surface area (Å²) in [5.74, 6) is -1.52. The summed E-state index contributed by atoms with van der Waals surface area (Å²) in [5, 5.41) is 9.25. The Morgan fingerprint density at radius 2 is 2.05 bits per heavy atom. The zero-order chi connectivity index (χ0) is 14.8. The number of aryl methyl sites for hydroxylation is 1. The Kier molecular flexibility index (Phi) is 4.32. The second kappa shape index (κ2) is 5.83. The van der Waals surface area contributed by atoms with Crippen LogP contribution in [0.15, 0.2) is 24.3 Å². The van der Waals surface area contributed by atoms with E-state index in [2.05, 4.69) is 0 Å². The van der Waals surface area contributed by atoms with Crippen LogP contribution in [0.1, 0.15) is 12.0 Å². The molecule has 20 heavy (non-hydrogen) atoms. The van der Waals surface area contributed by atoms with Crippen LogP contribution in [-0.4, -0.2) is 37.6 Å². The standard InChI is InChI=1S/C14H18O5S/c1-10-2-4-12(5-3-10)19-8-13(14(15)16)11-6-7-20(17,18)9-11/h2-5,11,13H,6-9H2,1H3,(H,15,16). The number of rotatable bonds is 5. The zero-order valence-electron chi connectivity index (χ0n) is 11.3. The number of carbonyl (C=O) groups is 1. The molecule has 0 spiro atoms. The van der Waals surface area contributed by atoms with Gasteiger partial charge >= 0.3 is 5.97 Å². The summed E-state index contributed by atoms with van der Waals surface area (Å²) in [5.41, 5.74) is 1.09. The molecule has 1 N–H and O–H groups in total. The van der Waals surface area contributed by atoms with Gasteiger partial charge in [-0.3, -0.25) is 4.79 Å². The van der Waals surface area contributed by atoms with Gasteiger partial charge in [0.15, 0.2) is 9.84 Å². The first kappa shape index (κ1) is 14.8. The average molecular weight is 298 g/mol. The third kappa shape index (κ3) is 3.72. The maximum absolute atomic E-state index is 11.4. The van der Waals surface area contributed by atoms with Gasteiger partial charge < -0.3 is 9.84 Å². The molecule has 0 aromatic heterocycles. The van der Waals surface area contributed by atoms with Gasteiger partial charge in [0.25, 0.3) is 0 Å². The molecule has 0 amide bonds. The lowest BCUT2D eigenvalue weighted by Crippen LogP contribution is -2.30. The number of hydrogen-bond donors (Lipinski definition) is 1. The molecular weight excluding hydrogens is 280 g/mol. The molecule has 2 rings (SSSR count). The minimum Gasteiger partial charge on any atom is -0.493 e. The SMILES string of the molecule is Cc1ccc(OCC(C(=O)O)C2CCS(=O)(=O)C2)cc1. The number of carboxylic acid groups (broad SMARTS) is 1. The highest BCUT2D eigenvalue weighted by molar-refractivity contribution is 7.91. The van der Waals surface area contributed by atoms with Gasteiger partial charge in [-0.05, 0) is 31.4 Å². The number of hydrogen-bond acceptors (Lipinski definition) is 4. The summed E-state index contributed by atoms with van der Waals surface area (Å²) < 4.78 is 28.4. The molecule has 6 heteroatoms. The van der Waals surface area contributed by atoms with Crippen molar-refractivity contribution in [3.63, 3.8) is 0 Å². The number of benzene rings is 1. The van der Waals surface area contributed by atoms with E-state index in [9.17, 15) is 18.3 Å². The van der Waals surface area contributed by atoms with Gasteiger partial charge in [-0.25, -0.2) is 8.42 Å². The zero-order valence-corrected chi connectivity index (χ0v) is 12.1. The molecule has 1 aromatic carbocycles. The van der Waals surface area contributed by atoms with E-state index in [1.165, 1.54) is 0 Å². The summed E-state index contributed by atoms with van der Waals surface area (Å²) in [7, 11) is -3.08. The van der Waals surface area contributed by atoms with Crippen LogP contribution in [-0.2, 0) is 14.6 Å². The normalized spacial score (nSPS) is 22.4. The molecule has 110 valence electrons. The Morgan fingerprint density at radius 3 is 2.55 bits per heavy atom. The van der Waals surface area contributed by atoms with Crippen molar-refractivity contribution < 1.29 is 23.1 Å². The first-order valence-electron chi connectivity index (χ1n) is 6.50. The summed E-state index contributed by atoms with van der Waals surface area (Å²) in [4.78, 5) is 11.3. The molecule has 2 unspecified atom stereocenters. The third-order valence-corrected chi connectivity index (χ3v) is 5.40. The summed E-state index contributed by atoms with van der Waals surface area (Å²) in [6.07, 6.45) is 0.399. The Balaban J connectivity index is 2.00. The largest absolute Gasteiger partial charge is 0.493 e. The van der Waals surface area contributed by atoms with Gasteiger partial charge in [-0.15, -0.1) is 0 Å². The van der Waals surface area contributed by atoms with Gasteiger partial charge in [-0.1, -0.05) is 17.7 Å². The molecule has 1 aliphatic rings. The van der Waals surface area contributed by atoms with E-state index in [4.69, 9.17) is 4.74 Å². The Morgan fingerprint density at radius 1 is 1.40 bits per heavy atom. The first-order chi connectivity index (χ1) is 9.37. The van der Waals surface area contributed by atoms with Crippen molar-refractivity contribution in [2.75, 3.05) is 18.1 Å². The molecule has 0 saturated carbocycles. The predicted octanol–water partition coefficient (Wildman–Crippen LogP) is 1.51. The van der Waals surface area contributed by atoms with Crippen LogP contribution in [0.5, 0.6) is 5.75 Å². The van der Waals surface area contributed by atoms with E-state index in [-0.39, 0.29) is 24.0 Å². The smallest absolute Gasteiger partial charge is 0.310 e. The van der Waals surface area contributed by atoms with Crippen molar-refractivity contribution in [2.45, 2.75) is 13.3 Å². The summed E-state index contributed by atoms with van der Waals surface area (Å²) in [6, 6.07) is 7.32. The lowest BCUT2D eigenvalue weighted by atomic mass is 9.93. The monoisotopic (exact) mass is 298 g/mol. The van der Waals surface area contributed by atoms with Crippen molar-refractivity contribution in [1.29, 1.82) is 0 Å². The number of carboxylic acids is 1. The molecule has 0 bridgehead atoms. The quantitative estimate of drug-likeness (QED) is 0.891. The van der Waals surface area contributed by atoms with Crippen LogP contribution < -0.4 is 4.74 Å². The van der Waals surface area contributed by atoms with E-state index in [0.717, 1.165) is 5.56 Å². The summed E-state index contributed by atoms with van der Waals surface area (Å²) >= 11 is 0. The molecule has 1 aromatic rings. The van der Waals surface area contributed by atoms with E-state index < -0.39 is 21.7 Å². The number of aliphatic carboxylic acids is 1. The predicted molar refractivity (Wildman–Crippen MR) is 74.6 cm³/mol. The Labute approximate surface area is 118 Å². The average Bonchev–Trinajstić information content (AvgIpc) is 2.72. The topological polar surface area (TPSA) is 80.7 Å². The summed E-state index contributed by atoms with van der Waals surface area (Å²) in [6.45, 7) is 1.95. The fourth-order valence-corrected chi connectivity index (χ4v) is 4.25. The maximum atomic E-state index is 11.4. The van der Waals surface area contributed by atoms with Crippen molar-refractivity contribution in [3.8, 4) is 5.75 Å². The van der Waals surface area contributed by atoms with Crippen LogP contribution in [0.3, 0.4) is 0 Å². The van der Waals surface area contributed by atoms with Crippen LogP contribution in [0.25, 0.3) is 0 Å². The molecule has 0 radical (unpaired) electrons. The molecule has 5 nitrogen and oxygen atoms in total. The van der Waals surface area contributed by atoms with Crippen LogP contribution in [0.2, 0.25) is 0 Å². The van der Waals surface area contributed by atoms with E-state index in [1.807, 2.05) is 19.1 Å². The first-order valence-corrected chi connectivity index (χ1v) is 8.32. The molecule has 0 aliphatic carbocycles. The van der Waals surface area contributed by atoms with Gasteiger partial charge in [0.05, 0.1) is 17.4 Å². The molecule has 1 fully saturated rings. The minimum atomic E-state index is -3.08. The second-order valence-electron chi connectivity index (χ2n) is 5.23. The molecule has 1 heterocycles. The second-order valence-corrected chi connectivity index (χ2v) is 7.46. The van der Waals surface area contributed by atoms with Crippen LogP contribution >= 0.6 is 0 Å². The lowest BCUT2D eigenvalue weighted by Gasteiger charge is -2.18. The molecule has 1 saturated heterocycles. The highest BCUT2D eigenvalue weighted by Crippen LogP contribution is 2.27. The number of ether oxygens (including phenoxy) is 1. The van der Waals surface area contributed by atoms with Gasteiger partial charge in [-0.2, -0.15) is 0 Å². The van der Waals surface area contributed by atoms with Gasteiger partial charge in [0.2, 0.25) is 0 Å². The Bertz CT molecular complexity index is 576. The molecule has 1 aliphatic heterocycles. The third-order valence-electron chi connectivity index (χ3n) is 3.60. The van der Waals surface area contributed by atoms with Crippen LogP contribution in [0.4, 0.5) is 0 Å². The highest BCUT2D eigenvalue weighted by Gasteiger charge is 2.37. The van der Waals surface area contributed by atoms with E-state index in [0.29, 0.717) is 12.2 Å². The minimum absolute atomic E-state index is 0.00141. The van der Waals surface area contributed by atoms with Gasteiger partial charge in [0, 0.05) is 0 Å². The van der Waals surface area contributed by atoms with Crippen molar-refractivity contribution in [3.05, 3.63) is 29.8 Å². The lowest BCUT2D eigenvalue weighted by molar-refractivity contribution is -0.144. The van der Waals surface area contributed by atoms with Crippen molar-refractivity contribution in [2.24, 2.45) is 11.8 Å². The number of sulfone groups is 1. The Hall–Kier alpha value is -1.56. The fraction of sp³-hybridized carbons (Fsp3) is 0.500. The van der Waals surface area contributed by atoms with E-state index >= 15 is 0 Å². The van der Waals surface area contributed by atoms with Crippen molar-refractivity contribution in [1.82, 2.24) is 0 Å². The molecule has 2 atom stereocenters.